The minimum absolute atomic E-state index is 0.0697. The van der Waals surface area contributed by atoms with Crippen molar-refractivity contribution in [3.63, 3.8) is 0 Å². The fraction of sp³-hybridized carbons (Fsp3) is 0.619. The van der Waals surface area contributed by atoms with Gasteiger partial charge in [0, 0.05) is 19.8 Å². The van der Waals surface area contributed by atoms with Crippen LogP contribution in [0.3, 0.4) is 0 Å². The van der Waals surface area contributed by atoms with Crippen molar-refractivity contribution in [2.45, 2.75) is 59.2 Å². The first kappa shape index (κ1) is 23.8. The third-order valence-electron chi connectivity index (χ3n) is 6.07. The number of aromatic nitrogens is 2. The van der Waals surface area contributed by atoms with E-state index >= 15 is 0 Å². The molecule has 30 heavy (non-hydrogen) atoms. The Bertz CT molecular complexity index is 916. The van der Waals surface area contributed by atoms with E-state index in [-0.39, 0.29) is 17.9 Å². The number of nitriles is 1. The minimum Gasteiger partial charge on any atom is -0.384 e. The molecule has 9 heteroatoms. The Morgan fingerprint density at radius 2 is 1.93 bits per heavy atom. The summed E-state index contributed by atoms with van der Waals surface area (Å²) in [4.78, 5) is 21.0. The summed E-state index contributed by atoms with van der Waals surface area (Å²) in [7, 11) is 1.42. The number of halogens is 3. The van der Waals surface area contributed by atoms with Crippen molar-refractivity contribution in [2.24, 2.45) is 10.8 Å². The molecule has 1 aliphatic rings. The van der Waals surface area contributed by atoms with Gasteiger partial charge in [-0.15, -0.1) is 0 Å². The second-order valence-corrected chi connectivity index (χ2v) is 9.11. The van der Waals surface area contributed by atoms with Crippen LogP contribution in [0.4, 0.5) is 13.2 Å². The molecule has 0 radical (unpaired) electrons. The predicted molar refractivity (Wildman–Crippen MR) is 104 cm³/mol. The van der Waals surface area contributed by atoms with E-state index in [9.17, 15) is 28.3 Å². The molecule has 164 valence electrons. The summed E-state index contributed by atoms with van der Waals surface area (Å²) in [6, 6.07) is 2.06. The standard InChI is InChI=1S/C21H27F3N4O2/c1-13-26-11-15(16(27-13)21(22,23)24)17(29)28(6)8-7-19(4)9-14(10-25)20(5,30)18(2,3)12-19/h9,11,30H,7-8,12H2,1-6H3/t19-,20?/m1/s1. The SMILES string of the molecule is Cc1ncc(C(=O)N(C)CC[C@]2(C)C=C(C#N)C(C)(O)C(C)(C)C2)c(C(F)(F)F)n1. The van der Waals surface area contributed by atoms with Gasteiger partial charge in [0.05, 0.1) is 17.2 Å². The smallest absolute Gasteiger partial charge is 0.384 e. The van der Waals surface area contributed by atoms with Crippen LogP contribution in [0.5, 0.6) is 0 Å². The van der Waals surface area contributed by atoms with Gasteiger partial charge in [0.15, 0.2) is 5.69 Å². The van der Waals surface area contributed by atoms with Gasteiger partial charge < -0.3 is 10.0 Å². The monoisotopic (exact) mass is 424 g/mol. The van der Waals surface area contributed by atoms with Gasteiger partial charge >= 0.3 is 6.18 Å². The average Bonchev–Trinajstić information content (AvgIpc) is 2.61. The molecule has 1 heterocycles. The quantitative estimate of drug-likeness (QED) is 0.792. The van der Waals surface area contributed by atoms with E-state index < -0.39 is 39.8 Å². The lowest BCUT2D eigenvalue weighted by atomic mass is 9.58. The van der Waals surface area contributed by atoms with Crippen LogP contribution in [0.2, 0.25) is 0 Å². The lowest BCUT2D eigenvalue weighted by molar-refractivity contribution is -0.141. The lowest BCUT2D eigenvalue weighted by Gasteiger charge is -2.49. The molecular weight excluding hydrogens is 397 g/mol. The minimum atomic E-state index is -4.77. The first-order chi connectivity index (χ1) is 13.5. The maximum Gasteiger partial charge on any atom is 0.434 e. The maximum absolute atomic E-state index is 13.3. The highest BCUT2D eigenvalue weighted by atomic mass is 19.4. The molecule has 0 aliphatic heterocycles. The number of alkyl halides is 3. The summed E-state index contributed by atoms with van der Waals surface area (Å²) < 4.78 is 39.9. The van der Waals surface area contributed by atoms with Gasteiger partial charge in [0.1, 0.15) is 11.4 Å². The van der Waals surface area contributed by atoms with Crippen LogP contribution >= 0.6 is 0 Å². The first-order valence-corrected chi connectivity index (χ1v) is 9.56. The van der Waals surface area contributed by atoms with E-state index in [4.69, 9.17) is 0 Å². The highest BCUT2D eigenvalue weighted by Gasteiger charge is 2.50. The molecule has 0 saturated carbocycles. The number of carbonyl (C=O) groups excluding carboxylic acids is 1. The Kier molecular flexibility index (Phi) is 6.07. The normalized spacial score (nSPS) is 26.0. The van der Waals surface area contributed by atoms with Crippen molar-refractivity contribution in [2.75, 3.05) is 13.6 Å². The Labute approximate surface area is 174 Å². The lowest BCUT2D eigenvalue weighted by Crippen LogP contribution is -2.50. The fourth-order valence-corrected chi connectivity index (χ4v) is 3.96. The molecule has 1 aromatic heterocycles. The summed E-state index contributed by atoms with van der Waals surface area (Å²) in [5, 5.41) is 20.2. The van der Waals surface area contributed by atoms with Gasteiger partial charge in [0.25, 0.3) is 5.91 Å². The van der Waals surface area contributed by atoms with E-state index in [1.165, 1.54) is 18.9 Å². The van der Waals surface area contributed by atoms with E-state index in [0.717, 1.165) is 6.20 Å². The van der Waals surface area contributed by atoms with Crippen LogP contribution in [0, 0.1) is 29.1 Å². The summed E-state index contributed by atoms with van der Waals surface area (Å²) in [6.45, 7) is 8.73. The molecule has 2 atom stereocenters. The van der Waals surface area contributed by atoms with E-state index in [0.29, 0.717) is 12.8 Å². The summed E-state index contributed by atoms with van der Waals surface area (Å²) in [5.41, 5.74) is -3.99. The van der Waals surface area contributed by atoms with Crippen molar-refractivity contribution in [1.29, 1.82) is 5.26 Å². The molecule has 1 aliphatic carbocycles. The number of allylic oxidation sites excluding steroid dienone is 1. The molecule has 0 spiro atoms. The summed E-state index contributed by atoms with van der Waals surface area (Å²) in [6.07, 6.45) is -1.20. The zero-order chi connectivity index (χ0) is 23.1. The predicted octanol–water partition coefficient (Wildman–Crippen LogP) is 3.90. The molecule has 2 rings (SSSR count). The number of hydrogen-bond acceptors (Lipinski definition) is 5. The zero-order valence-electron chi connectivity index (χ0n) is 18.1. The van der Waals surface area contributed by atoms with Crippen LogP contribution in [0.15, 0.2) is 17.8 Å². The third kappa shape index (κ3) is 4.48. The molecule has 1 aromatic rings. The number of carbonyl (C=O) groups is 1. The Morgan fingerprint density at radius 1 is 1.33 bits per heavy atom. The zero-order valence-corrected chi connectivity index (χ0v) is 18.1. The molecule has 0 fully saturated rings. The van der Waals surface area contributed by atoms with Crippen LogP contribution < -0.4 is 0 Å². The van der Waals surface area contributed by atoms with Crippen molar-refractivity contribution < 1.29 is 23.1 Å². The van der Waals surface area contributed by atoms with Crippen LogP contribution in [0.1, 0.15) is 62.4 Å². The Morgan fingerprint density at radius 3 is 2.47 bits per heavy atom. The number of nitrogens with zero attached hydrogens (tertiary/aromatic N) is 4. The first-order valence-electron chi connectivity index (χ1n) is 9.56. The Hall–Kier alpha value is -2.47. The van der Waals surface area contributed by atoms with Crippen LogP contribution in [-0.2, 0) is 6.18 Å². The highest BCUT2D eigenvalue weighted by Crippen LogP contribution is 2.51. The van der Waals surface area contributed by atoms with Crippen LogP contribution in [-0.4, -0.2) is 45.1 Å². The summed E-state index contributed by atoms with van der Waals surface area (Å²) >= 11 is 0. The van der Waals surface area contributed by atoms with Gasteiger partial charge in [-0.05, 0) is 37.5 Å². The summed E-state index contributed by atoms with van der Waals surface area (Å²) in [5.74, 6) is -0.892. The van der Waals surface area contributed by atoms with Gasteiger partial charge in [-0.25, -0.2) is 9.97 Å². The molecule has 0 aromatic carbocycles. The van der Waals surface area contributed by atoms with Gasteiger partial charge in [-0.3, -0.25) is 4.79 Å². The van der Waals surface area contributed by atoms with Crippen molar-refractivity contribution >= 4 is 5.91 Å². The van der Waals surface area contributed by atoms with E-state index in [2.05, 4.69) is 16.0 Å². The number of aryl methyl sites for hydroxylation is 1. The number of amides is 1. The molecule has 0 bridgehead atoms. The topological polar surface area (TPSA) is 90.1 Å². The number of rotatable bonds is 4. The number of aliphatic hydroxyl groups is 1. The molecular formula is C21H27F3N4O2. The molecule has 6 nitrogen and oxygen atoms in total. The molecule has 1 amide bonds. The maximum atomic E-state index is 13.3. The third-order valence-corrected chi connectivity index (χ3v) is 6.07. The van der Waals surface area contributed by atoms with Gasteiger partial charge in [-0.1, -0.05) is 26.8 Å². The highest BCUT2D eigenvalue weighted by molar-refractivity contribution is 5.95. The average molecular weight is 424 g/mol. The fourth-order valence-electron chi connectivity index (χ4n) is 3.96. The Balaban J connectivity index is 2.25. The van der Waals surface area contributed by atoms with Crippen molar-refractivity contribution in [3.8, 4) is 6.07 Å². The van der Waals surface area contributed by atoms with Gasteiger partial charge in [0.2, 0.25) is 0 Å². The van der Waals surface area contributed by atoms with E-state index in [1.807, 2.05) is 20.8 Å². The molecule has 1 unspecified atom stereocenters. The second kappa shape index (κ2) is 7.65. The van der Waals surface area contributed by atoms with Crippen LogP contribution in [0.25, 0.3) is 0 Å². The largest absolute Gasteiger partial charge is 0.434 e. The van der Waals surface area contributed by atoms with Crippen molar-refractivity contribution in [3.05, 3.63) is 34.9 Å². The molecule has 0 saturated heterocycles. The molecule has 1 N–H and O–H groups in total. The van der Waals surface area contributed by atoms with Gasteiger partial charge in [-0.2, -0.15) is 18.4 Å². The second-order valence-electron chi connectivity index (χ2n) is 9.11. The van der Waals surface area contributed by atoms with E-state index in [1.54, 1.807) is 13.0 Å². The number of hydrogen-bond donors (Lipinski definition) is 1. The van der Waals surface area contributed by atoms with Crippen molar-refractivity contribution in [1.82, 2.24) is 14.9 Å².